The topological polar surface area (TPSA) is 43.1 Å². The van der Waals surface area contributed by atoms with Gasteiger partial charge in [-0.2, -0.15) is 13.2 Å². The van der Waals surface area contributed by atoms with Gasteiger partial charge >= 0.3 is 6.18 Å². The van der Waals surface area contributed by atoms with Crippen LogP contribution in [0.4, 0.5) is 13.2 Å². The quantitative estimate of drug-likeness (QED) is 0.778. The van der Waals surface area contributed by atoms with E-state index in [4.69, 9.17) is 5.73 Å². The van der Waals surface area contributed by atoms with Gasteiger partial charge in [-0.15, -0.1) is 0 Å². The predicted octanol–water partition coefficient (Wildman–Crippen LogP) is 2.51. The second-order valence-corrected chi connectivity index (χ2v) is 3.30. The standard InChI is InChI=1S/C11H10F3NO/c1-7-2-4-9(11(12,13)14)6-8(7)3-5-10(15)16/h2-6H,1H3,(H2,15,16)/b5-3+. The van der Waals surface area contributed by atoms with Crippen molar-refractivity contribution < 1.29 is 18.0 Å². The minimum atomic E-state index is -4.39. The molecule has 0 bridgehead atoms. The molecule has 0 atom stereocenters. The lowest BCUT2D eigenvalue weighted by atomic mass is 10.0. The van der Waals surface area contributed by atoms with Gasteiger partial charge in [-0.25, -0.2) is 0 Å². The molecule has 0 fully saturated rings. The fraction of sp³-hybridized carbons (Fsp3) is 0.182. The van der Waals surface area contributed by atoms with Crippen LogP contribution in [0.5, 0.6) is 0 Å². The van der Waals surface area contributed by atoms with Crippen LogP contribution in [0.1, 0.15) is 16.7 Å². The highest BCUT2D eigenvalue weighted by Gasteiger charge is 2.30. The third-order valence-corrected chi connectivity index (χ3v) is 2.03. The lowest BCUT2D eigenvalue weighted by Gasteiger charge is -2.08. The molecule has 0 heterocycles. The molecule has 0 spiro atoms. The van der Waals surface area contributed by atoms with Crippen LogP contribution in [0.2, 0.25) is 0 Å². The Morgan fingerprint density at radius 1 is 1.38 bits per heavy atom. The number of rotatable bonds is 2. The number of benzene rings is 1. The molecule has 5 heteroatoms. The number of nitrogens with two attached hydrogens (primary N) is 1. The van der Waals surface area contributed by atoms with Crippen molar-refractivity contribution in [3.63, 3.8) is 0 Å². The molecular formula is C11H10F3NO. The van der Waals surface area contributed by atoms with Gasteiger partial charge in [0, 0.05) is 6.08 Å². The van der Waals surface area contributed by atoms with E-state index in [0.29, 0.717) is 11.1 Å². The van der Waals surface area contributed by atoms with Gasteiger partial charge in [-0.1, -0.05) is 6.07 Å². The van der Waals surface area contributed by atoms with Crippen LogP contribution in [0.3, 0.4) is 0 Å². The second-order valence-electron chi connectivity index (χ2n) is 3.30. The van der Waals surface area contributed by atoms with Gasteiger partial charge < -0.3 is 5.73 Å². The van der Waals surface area contributed by atoms with E-state index >= 15 is 0 Å². The van der Waals surface area contributed by atoms with Crippen LogP contribution in [0.15, 0.2) is 24.3 Å². The summed E-state index contributed by atoms with van der Waals surface area (Å²) >= 11 is 0. The van der Waals surface area contributed by atoms with Gasteiger partial charge in [-0.3, -0.25) is 4.79 Å². The van der Waals surface area contributed by atoms with Gasteiger partial charge in [0.1, 0.15) is 0 Å². The van der Waals surface area contributed by atoms with Gasteiger partial charge in [0.05, 0.1) is 5.56 Å². The monoisotopic (exact) mass is 229 g/mol. The number of carbonyl (C=O) groups is 1. The molecule has 1 aromatic rings. The van der Waals surface area contributed by atoms with E-state index in [1.165, 1.54) is 12.1 Å². The Kier molecular flexibility index (Phi) is 3.37. The highest BCUT2D eigenvalue weighted by Crippen LogP contribution is 2.30. The number of amides is 1. The molecule has 2 nitrogen and oxygen atoms in total. The summed E-state index contributed by atoms with van der Waals surface area (Å²) in [6.07, 6.45) is -2.08. The molecule has 0 aliphatic rings. The Morgan fingerprint density at radius 3 is 2.50 bits per heavy atom. The minimum Gasteiger partial charge on any atom is -0.366 e. The molecule has 0 aliphatic heterocycles. The molecule has 0 aliphatic carbocycles. The maximum atomic E-state index is 12.4. The van der Waals surface area contributed by atoms with Crippen LogP contribution in [-0.2, 0) is 11.0 Å². The summed E-state index contributed by atoms with van der Waals surface area (Å²) < 4.78 is 37.1. The third kappa shape index (κ3) is 3.12. The van der Waals surface area contributed by atoms with Crippen molar-refractivity contribution in [2.45, 2.75) is 13.1 Å². The molecular weight excluding hydrogens is 219 g/mol. The summed E-state index contributed by atoms with van der Waals surface area (Å²) in [5, 5.41) is 0. The Balaban J connectivity index is 3.14. The molecule has 0 unspecified atom stereocenters. The molecule has 2 N–H and O–H groups in total. The van der Waals surface area contributed by atoms with E-state index < -0.39 is 17.6 Å². The Morgan fingerprint density at radius 2 is 2.00 bits per heavy atom. The molecule has 1 aromatic carbocycles. The van der Waals surface area contributed by atoms with Crippen LogP contribution in [0, 0.1) is 6.92 Å². The number of carbonyl (C=O) groups excluding carboxylic acids is 1. The van der Waals surface area contributed by atoms with Crippen molar-refractivity contribution >= 4 is 12.0 Å². The zero-order valence-corrected chi connectivity index (χ0v) is 8.51. The van der Waals surface area contributed by atoms with Crippen LogP contribution in [-0.4, -0.2) is 5.91 Å². The summed E-state index contributed by atoms with van der Waals surface area (Å²) in [6, 6.07) is 3.33. The van der Waals surface area contributed by atoms with Crippen molar-refractivity contribution in [2.24, 2.45) is 5.73 Å². The van der Waals surface area contributed by atoms with Gasteiger partial charge in [0.2, 0.25) is 5.91 Å². The van der Waals surface area contributed by atoms with Crippen LogP contribution in [0.25, 0.3) is 6.08 Å². The Bertz CT molecular complexity index is 435. The molecule has 86 valence electrons. The van der Waals surface area contributed by atoms with Crippen molar-refractivity contribution in [2.75, 3.05) is 0 Å². The first-order valence-electron chi connectivity index (χ1n) is 4.46. The maximum absolute atomic E-state index is 12.4. The summed E-state index contributed by atoms with van der Waals surface area (Å²) in [6.45, 7) is 1.65. The average Bonchev–Trinajstić information content (AvgIpc) is 2.14. The number of halogens is 3. The molecule has 1 amide bonds. The minimum absolute atomic E-state index is 0.327. The number of primary amides is 1. The van der Waals surface area contributed by atoms with E-state index in [2.05, 4.69) is 0 Å². The maximum Gasteiger partial charge on any atom is 0.416 e. The summed E-state index contributed by atoms with van der Waals surface area (Å²) in [5.41, 5.74) is 5.09. The van der Waals surface area contributed by atoms with E-state index in [1.54, 1.807) is 6.92 Å². The molecule has 0 radical (unpaired) electrons. The first kappa shape index (κ1) is 12.3. The van der Waals surface area contributed by atoms with E-state index in [-0.39, 0.29) is 0 Å². The smallest absolute Gasteiger partial charge is 0.366 e. The van der Waals surface area contributed by atoms with Gasteiger partial charge in [0.15, 0.2) is 0 Å². The fourth-order valence-electron chi connectivity index (χ4n) is 1.17. The number of alkyl halides is 3. The van der Waals surface area contributed by atoms with E-state index in [0.717, 1.165) is 18.2 Å². The summed E-state index contributed by atoms with van der Waals surface area (Å²) in [7, 11) is 0. The first-order valence-corrected chi connectivity index (χ1v) is 4.46. The van der Waals surface area contributed by atoms with Crippen molar-refractivity contribution in [3.05, 3.63) is 41.0 Å². The van der Waals surface area contributed by atoms with Gasteiger partial charge in [0.25, 0.3) is 0 Å². The van der Waals surface area contributed by atoms with Crippen molar-refractivity contribution in [3.8, 4) is 0 Å². The first-order chi connectivity index (χ1) is 7.30. The number of aryl methyl sites for hydroxylation is 1. The number of hydrogen-bond donors (Lipinski definition) is 1. The highest BCUT2D eigenvalue weighted by molar-refractivity contribution is 5.90. The van der Waals surface area contributed by atoms with Crippen LogP contribution >= 0.6 is 0 Å². The molecule has 1 rings (SSSR count). The fourth-order valence-corrected chi connectivity index (χ4v) is 1.17. The highest BCUT2D eigenvalue weighted by atomic mass is 19.4. The lowest BCUT2D eigenvalue weighted by molar-refractivity contribution is -0.137. The number of hydrogen-bond acceptors (Lipinski definition) is 1. The Hall–Kier alpha value is -1.78. The zero-order valence-electron chi connectivity index (χ0n) is 8.51. The molecule has 0 aromatic heterocycles. The van der Waals surface area contributed by atoms with Crippen LogP contribution < -0.4 is 5.73 Å². The second kappa shape index (κ2) is 4.38. The summed E-state index contributed by atoms with van der Waals surface area (Å²) in [5.74, 6) is -0.697. The normalized spacial score (nSPS) is 12.0. The largest absolute Gasteiger partial charge is 0.416 e. The molecule has 16 heavy (non-hydrogen) atoms. The average molecular weight is 229 g/mol. The molecule has 0 saturated carbocycles. The van der Waals surface area contributed by atoms with Crippen molar-refractivity contribution in [1.82, 2.24) is 0 Å². The zero-order chi connectivity index (χ0) is 12.3. The van der Waals surface area contributed by atoms with E-state index in [1.807, 2.05) is 0 Å². The predicted molar refractivity (Wildman–Crippen MR) is 54.4 cm³/mol. The lowest BCUT2D eigenvalue weighted by Crippen LogP contribution is -2.06. The Labute approximate surface area is 90.6 Å². The van der Waals surface area contributed by atoms with E-state index in [9.17, 15) is 18.0 Å². The van der Waals surface area contributed by atoms with Crippen molar-refractivity contribution in [1.29, 1.82) is 0 Å². The summed E-state index contributed by atoms with van der Waals surface area (Å²) in [4.78, 5) is 10.5. The third-order valence-electron chi connectivity index (χ3n) is 2.03. The van der Waals surface area contributed by atoms with Gasteiger partial charge in [-0.05, 0) is 36.3 Å². The SMILES string of the molecule is Cc1ccc(C(F)(F)F)cc1/C=C/C(N)=O. The molecule has 0 saturated heterocycles.